The van der Waals surface area contributed by atoms with E-state index >= 15 is 0 Å². The summed E-state index contributed by atoms with van der Waals surface area (Å²) in [5.41, 5.74) is 0.822. The number of hydrogen-bond donors (Lipinski definition) is 1. The van der Waals surface area contributed by atoms with Gasteiger partial charge in [-0.1, -0.05) is 52.3 Å². The first-order valence-corrected chi connectivity index (χ1v) is 9.58. The molecule has 0 saturated carbocycles. The smallest absolute Gasteiger partial charge is 0.345 e. The quantitative estimate of drug-likeness (QED) is 0.662. The van der Waals surface area contributed by atoms with Gasteiger partial charge in [-0.05, 0) is 17.7 Å². The van der Waals surface area contributed by atoms with Crippen molar-refractivity contribution in [3.8, 4) is 0 Å². The van der Waals surface area contributed by atoms with Gasteiger partial charge in [-0.25, -0.2) is 4.39 Å². The highest BCUT2D eigenvalue weighted by Gasteiger charge is 2.41. The lowest BCUT2D eigenvalue weighted by Gasteiger charge is -2.23. The van der Waals surface area contributed by atoms with Gasteiger partial charge in [0.2, 0.25) is 11.8 Å². The van der Waals surface area contributed by atoms with E-state index in [-0.39, 0.29) is 18.5 Å². The number of nitrogens with zero attached hydrogens (tertiary/aromatic N) is 1. The number of likely N-dealkylation sites (tertiary alicyclic amines) is 1. The van der Waals surface area contributed by atoms with Gasteiger partial charge in [-0.3, -0.25) is 9.59 Å². The van der Waals surface area contributed by atoms with Crippen LogP contribution in [-0.2, 0) is 9.59 Å². The summed E-state index contributed by atoms with van der Waals surface area (Å²) in [4.78, 5) is 25.2. The molecule has 1 saturated heterocycles. The zero-order chi connectivity index (χ0) is 21.2. The maximum Gasteiger partial charge on any atom is 0.406 e. The number of rotatable bonds is 5. The molecule has 0 spiro atoms. The minimum Gasteiger partial charge on any atom is -0.345 e. The highest BCUT2D eigenvalue weighted by atomic mass is 79.9. The molecule has 0 radical (unpaired) electrons. The van der Waals surface area contributed by atoms with E-state index < -0.39 is 42.3 Å². The molecule has 9 heteroatoms. The first-order chi connectivity index (χ1) is 13.6. The number of nitrogens with one attached hydrogen (secondary N) is 1. The lowest BCUT2D eigenvalue weighted by Crippen LogP contribution is -2.38. The van der Waals surface area contributed by atoms with Crippen LogP contribution in [0.3, 0.4) is 0 Å². The van der Waals surface area contributed by atoms with Crippen LogP contribution in [-0.4, -0.2) is 36.0 Å². The van der Waals surface area contributed by atoms with E-state index in [1.807, 2.05) is 0 Å². The highest BCUT2D eigenvalue weighted by Crippen LogP contribution is 2.29. The Morgan fingerprint density at radius 3 is 2.52 bits per heavy atom. The fraction of sp³-hybridized carbons (Fsp3) is 0.300. The Morgan fingerprint density at radius 1 is 1.21 bits per heavy atom. The Kier molecular flexibility index (Phi) is 6.26. The van der Waals surface area contributed by atoms with E-state index in [2.05, 4.69) is 21.2 Å². The normalized spacial score (nSPS) is 18.0. The summed E-state index contributed by atoms with van der Waals surface area (Å²) >= 11 is 3.18. The van der Waals surface area contributed by atoms with Crippen LogP contribution in [0.15, 0.2) is 53.0 Å². The van der Waals surface area contributed by atoms with Crippen molar-refractivity contribution < 1.29 is 27.2 Å². The maximum absolute atomic E-state index is 14.6. The average molecular weight is 473 g/mol. The lowest BCUT2D eigenvalue weighted by molar-refractivity contribution is -0.157. The Morgan fingerprint density at radius 2 is 1.90 bits per heavy atom. The van der Waals surface area contributed by atoms with Crippen LogP contribution in [0.2, 0.25) is 0 Å². The summed E-state index contributed by atoms with van der Waals surface area (Å²) in [5, 5.41) is 2.70. The minimum atomic E-state index is -4.53. The Labute approximate surface area is 173 Å². The maximum atomic E-state index is 14.6. The first-order valence-electron chi connectivity index (χ1n) is 8.79. The van der Waals surface area contributed by atoms with Gasteiger partial charge >= 0.3 is 6.18 Å². The zero-order valence-corrected chi connectivity index (χ0v) is 16.6. The van der Waals surface area contributed by atoms with Gasteiger partial charge in [0.1, 0.15) is 12.4 Å². The molecule has 29 heavy (non-hydrogen) atoms. The number of benzene rings is 2. The molecule has 154 valence electrons. The Hall–Kier alpha value is -2.42. The third-order valence-corrected chi connectivity index (χ3v) is 5.14. The molecule has 2 aromatic carbocycles. The topological polar surface area (TPSA) is 49.4 Å². The first kappa shape index (κ1) is 21.3. The second kappa shape index (κ2) is 8.52. The molecule has 2 amide bonds. The molecule has 1 heterocycles. The van der Waals surface area contributed by atoms with Crippen LogP contribution in [0.25, 0.3) is 0 Å². The predicted molar refractivity (Wildman–Crippen MR) is 101 cm³/mol. The minimum absolute atomic E-state index is 0.212. The van der Waals surface area contributed by atoms with E-state index in [9.17, 15) is 27.2 Å². The van der Waals surface area contributed by atoms with E-state index in [0.717, 1.165) is 0 Å². The molecular formula is C20H17BrF4N2O2. The molecule has 0 bridgehead atoms. The molecule has 1 N–H and O–H groups in total. The summed E-state index contributed by atoms with van der Waals surface area (Å²) < 4.78 is 52.9. The largest absolute Gasteiger partial charge is 0.406 e. The summed E-state index contributed by atoms with van der Waals surface area (Å²) in [7, 11) is 0. The van der Waals surface area contributed by atoms with Crippen molar-refractivity contribution >= 4 is 27.7 Å². The van der Waals surface area contributed by atoms with Gasteiger partial charge in [-0.2, -0.15) is 13.2 Å². The van der Waals surface area contributed by atoms with Crippen molar-refractivity contribution in [3.05, 3.63) is 69.9 Å². The number of amides is 2. The number of hydrogen-bond acceptors (Lipinski definition) is 2. The summed E-state index contributed by atoms with van der Waals surface area (Å²) in [5.74, 6) is -2.81. The standard InChI is InChI=1S/C20H17BrF4N2O2/c21-14-6-7-15(16(22)9-14)18(12-4-2-1-3-5-12)26-19(29)13-8-17(28)27(10-13)11-20(23,24)25/h1-7,9,13,18H,8,10-11H2,(H,26,29). The Bertz CT molecular complexity index is 905. The molecular weight excluding hydrogens is 456 g/mol. The van der Waals surface area contributed by atoms with Gasteiger partial charge in [0.25, 0.3) is 0 Å². The van der Waals surface area contributed by atoms with Crippen molar-refractivity contribution in [2.24, 2.45) is 5.92 Å². The SMILES string of the molecule is O=C(NC(c1ccccc1)c1ccc(Br)cc1F)C1CC(=O)N(CC(F)(F)F)C1. The van der Waals surface area contributed by atoms with Gasteiger partial charge in [-0.15, -0.1) is 0 Å². The number of carbonyl (C=O) groups excluding carboxylic acids is 2. The lowest BCUT2D eigenvalue weighted by atomic mass is 9.97. The van der Waals surface area contributed by atoms with Crippen molar-refractivity contribution in [2.75, 3.05) is 13.1 Å². The fourth-order valence-electron chi connectivity index (χ4n) is 3.30. The van der Waals surface area contributed by atoms with Crippen molar-refractivity contribution in [1.29, 1.82) is 0 Å². The number of halogens is 5. The van der Waals surface area contributed by atoms with Crippen LogP contribution in [0.1, 0.15) is 23.6 Å². The highest BCUT2D eigenvalue weighted by molar-refractivity contribution is 9.10. The molecule has 2 aromatic rings. The van der Waals surface area contributed by atoms with Gasteiger partial charge in [0.15, 0.2) is 0 Å². The van der Waals surface area contributed by atoms with Gasteiger partial charge < -0.3 is 10.2 Å². The monoisotopic (exact) mass is 472 g/mol. The van der Waals surface area contributed by atoms with Crippen LogP contribution < -0.4 is 5.32 Å². The average Bonchev–Trinajstić information content (AvgIpc) is 3.00. The second-order valence-corrected chi connectivity index (χ2v) is 7.72. The third kappa shape index (κ3) is 5.35. The second-order valence-electron chi connectivity index (χ2n) is 6.81. The predicted octanol–water partition coefficient (Wildman–Crippen LogP) is 4.20. The van der Waals surface area contributed by atoms with E-state index in [0.29, 0.717) is 14.9 Å². The van der Waals surface area contributed by atoms with Crippen LogP contribution in [0.5, 0.6) is 0 Å². The molecule has 3 rings (SSSR count). The van der Waals surface area contributed by atoms with Gasteiger partial charge in [0.05, 0.1) is 12.0 Å². The molecule has 0 aliphatic carbocycles. The van der Waals surface area contributed by atoms with E-state index in [1.54, 1.807) is 36.4 Å². The molecule has 1 fully saturated rings. The molecule has 2 unspecified atom stereocenters. The molecule has 1 aliphatic heterocycles. The van der Waals surface area contributed by atoms with Crippen molar-refractivity contribution in [3.63, 3.8) is 0 Å². The fourth-order valence-corrected chi connectivity index (χ4v) is 3.63. The van der Waals surface area contributed by atoms with Crippen LogP contribution in [0, 0.1) is 11.7 Å². The number of carbonyl (C=O) groups is 2. The molecule has 0 aromatic heterocycles. The van der Waals surface area contributed by atoms with Crippen LogP contribution in [0.4, 0.5) is 17.6 Å². The summed E-state index contributed by atoms with van der Waals surface area (Å²) in [6.45, 7) is -1.71. The molecule has 2 atom stereocenters. The van der Waals surface area contributed by atoms with E-state index in [1.165, 1.54) is 12.1 Å². The van der Waals surface area contributed by atoms with Crippen LogP contribution >= 0.6 is 15.9 Å². The zero-order valence-electron chi connectivity index (χ0n) is 15.0. The third-order valence-electron chi connectivity index (χ3n) is 4.65. The Balaban J connectivity index is 1.81. The summed E-state index contributed by atoms with van der Waals surface area (Å²) in [6, 6.07) is 12.2. The molecule has 4 nitrogen and oxygen atoms in total. The summed E-state index contributed by atoms with van der Waals surface area (Å²) in [6.07, 6.45) is -4.85. The number of alkyl halides is 3. The van der Waals surface area contributed by atoms with E-state index in [4.69, 9.17) is 0 Å². The van der Waals surface area contributed by atoms with Gasteiger partial charge in [0, 0.05) is 23.0 Å². The van der Waals surface area contributed by atoms with Crippen molar-refractivity contribution in [2.45, 2.75) is 18.6 Å². The molecule has 1 aliphatic rings. The van der Waals surface area contributed by atoms with Crippen molar-refractivity contribution in [1.82, 2.24) is 10.2 Å².